The van der Waals surface area contributed by atoms with Crippen LogP contribution in [0, 0.1) is 0 Å². The minimum atomic E-state index is -1.18. The van der Waals surface area contributed by atoms with Gasteiger partial charge in [-0.25, -0.2) is 4.79 Å². The van der Waals surface area contributed by atoms with Gasteiger partial charge in [0.05, 0.1) is 0 Å². The summed E-state index contributed by atoms with van der Waals surface area (Å²) in [5.41, 5.74) is 1.67. The van der Waals surface area contributed by atoms with Crippen molar-refractivity contribution in [1.29, 1.82) is 0 Å². The van der Waals surface area contributed by atoms with E-state index in [1.807, 2.05) is 91.0 Å². The highest BCUT2D eigenvalue weighted by molar-refractivity contribution is 5.81. The molecule has 0 radical (unpaired) electrons. The van der Waals surface area contributed by atoms with Crippen LogP contribution in [0.25, 0.3) is 0 Å². The van der Waals surface area contributed by atoms with Crippen LogP contribution in [0.5, 0.6) is 0 Å². The minimum absolute atomic E-state index is 0.0195. The van der Waals surface area contributed by atoms with Crippen molar-refractivity contribution >= 4 is 18.3 Å². The zero-order chi connectivity index (χ0) is 22.1. The molecule has 0 aliphatic carbocycles. The molecular weight excluding hydrogens is 392 g/mol. The van der Waals surface area contributed by atoms with Crippen LogP contribution in [0.3, 0.4) is 0 Å². The Hall–Kier alpha value is -3.93. The average molecular weight is 416 g/mol. The van der Waals surface area contributed by atoms with Crippen LogP contribution in [0.15, 0.2) is 91.0 Å². The molecule has 31 heavy (non-hydrogen) atoms. The van der Waals surface area contributed by atoms with E-state index in [1.54, 1.807) is 0 Å². The highest BCUT2D eigenvalue weighted by Gasteiger charge is 2.37. The molecule has 0 aromatic heterocycles. The fraction of sp³-hybridized carbons (Fsp3) is 0.160. The molecule has 0 saturated heterocycles. The van der Waals surface area contributed by atoms with Gasteiger partial charge in [0.15, 0.2) is 0 Å². The summed E-state index contributed by atoms with van der Waals surface area (Å²) in [7, 11) is 0. The summed E-state index contributed by atoms with van der Waals surface area (Å²) in [5, 5.41) is 14.6. The summed E-state index contributed by atoms with van der Waals surface area (Å²) in [5.74, 6) is -1.50. The van der Waals surface area contributed by atoms with Crippen LogP contribution in [0.1, 0.15) is 29.5 Å². The lowest BCUT2D eigenvalue weighted by Gasteiger charge is -2.37. The van der Waals surface area contributed by atoms with E-state index in [-0.39, 0.29) is 18.7 Å². The van der Waals surface area contributed by atoms with Crippen molar-refractivity contribution < 1.29 is 19.5 Å². The molecule has 0 saturated carbocycles. The second kappa shape index (κ2) is 10.2. The van der Waals surface area contributed by atoms with Gasteiger partial charge >= 0.3 is 5.97 Å². The average Bonchev–Trinajstić information content (AvgIpc) is 2.81. The van der Waals surface area contributed by atoms with Crippen LogP contribution < -0.4 is 10.6 Å². The van der Waals surface area contributed by atoms with Crippen molar-refractivity contribution in [2.75, 3.05) is 0 Å². The molecule has 3 N–H and O–H groups in total. The summed E-state index contributed by atoms with van der Waals surface area (Å²) < 4.78 is 0. The summed E-state index contributed by atoms with van der Waals surface area (Å²) in [6.45, 7) is 0. The van der Waals surface area contributed by atoms with Crippen molar-refractivity contribution in [2.24, 2.45) is 0 Å². The van der Waals surface area contributed by atoms with Gasteiger partial charge in [0.2, 0.25) is 12.3 Å². The Labute approximate surface area is 180 Å². The first kappa shape index (κ1) is 21.8. The molecule has 3 rings (SSSR count). The van der Waals surface area contributed by atoms with Crippen LogP contribution >= 0.6 is 0 Å². The molecule has 0 aliphatic rings. The molecule has 0 heterocycles. The topological polar surface area (TPSA) is 95.5 Å². The molecule has 0 spiro atoms. The molecule has 6 heteroatoms. The number of hydrogen-bond donors (Lipinski definition) is 3. The van der Waals surface area contributed by atoms with E-state index in [9.17, 15) is 19.5 Å². The number of benzene rings is 3. The predicted octanol–water partition coefficient (Wildman–Crippen LogP) is 3.07. The van der Waals surface area contributed by atoms with Gasteiger partial charge in [0.1, 0.15) is 11.6 Å². The Kier molecular flexibility index (Phi) is 7.17. The van der Waals surface area contributed by atoms with Gasteiger partial charge in [-0.05, 0) is 23.1 Å². The van der Waals surface area contributed by atoms with Gasteiger partial charge in [-0.2, -0.15) is 0 Å². The maximum Gasteiger partial charge on any atom is 0.326 e. The van der Waals surface area contributed by atoms with E-state index < -0.39 is 17.6 Å². The fourth-order valence-electron chi connectivity index (χ4n) is 3.69. The van der Waals surface area contributed by atoms with E-state index in [0.717, 1.165) is 16.7 Å². The van der Waals surface area contributed by atoms with Crippen molar-refractivity contribution in [3.63, 3.8) is 0 Å². The summed E-state index contributed by atoms with van der Waals surface area (Å²) in [6, 6.07) is 27.8. The smallest absolute Gasteiger partial charge is 0.326 e. The van der Waals surface area contributed by atoms with E-state index in [0.29, 0.717) is 6.41 Å². The van der Waals surface area contributed by atoms with E-state index in [4.69, 9.17) is 0 Å². The van der Waals surface area contributed by atoms with Gasteiger partial charge in [0, 0.05) is 6.42 Å². The Morgan fingerprint density at radius 1 is 0.806 bits per heavy atom. The fourth-order valence-corrected chi connectivity index (χ4v) is 3.69. The monoisotopic (exact) mass is 416 g/mol. The lowest BCUT2D eigenvalue weighted by molar-refractivity contribution is -0.140. The molecule has 0 aliphatic heterocycles. The maximum atomic E-state index is 13.1. The van der Waals surface area contributed by atoms with Crippen molar-refractivity contribution in [3.8, 4) is 0 Å². The van der Waals surface area contributed by atoms with Crippen molar-refractivity contribution in [3.05, 3.63) is 108 Å². The standard InChI is InChI=1S/C25H24N2O4/c28-18-26-22(24(30)31)16-17-23(29)27-25(19-10-4-1-5-11-19,20-12-6-2-7-13-20)21-14-8-3-9-15-21/h1-15,18,22H,16-17H2,(H,26,28)(H,27,29)(H,30,31). The Balaban J connectivity index is 2.03. The van der Waals surface area contributed by atoms with Gasteiger partial charge < -0.3 is 15.7 Å². The molecule has 1 unspecified atom stereocenters. The molecule has 0 bridgehead atoms. The number of carbonyl (C=O) groups is 3. The number of carboxylic acids is 1. The van der Waals surface area contributed by atoms with Crippen molar-refractivity contribution in [1.82, 2.24) is 10.6 Å². The third kappa shape index (κ3) is 4.98. The summed E-state index contributed by atoms with van der Waals surface area (Å²) in [4.78, 5) is 35.1. The molecule has 0 fully saturated rings. The van der Waals surface area contributed by atoms with E-state index in [2.05, 4.69) is 10.6 Å². The van der Waals surface area contributed by atoms with Crippen LogP contribution in [0.2, 0.25) is 0 Å². The van der Waals surface area contributed by atoms with Gasteiger partial charge in [-0.1, -0.05) is 91.0 Å². The highest BCUT2D eigenvalue weighted by Crippen LogP contribution is 2.36. The molecule has 158 valence electrons. The molecule has 1 atom stereocenters. The molecule has 3 aromatic carbocycles. The second-order valence-corrected chi connectivity index (χ2v) is 7.11. The first-order valence-corrected chi connectivity index (χ1v) is 9.98. The number of hydrogen-bond acceptors (Lipinski definition) is 3. The minimum Gasteiger partial charge on any atom is -0.480 e. The molecule has 3 aromatic rings. The number of rotatable bonds is 10. The molecule has 2 amide bonds. The SMILES string of the molecule is O=CNC(CCC(=O)NC(c1ccccc1)(c1ccccc1)c1ccccc1)C(=O)O. The van der Waals surface area contributed by atoms with E-state index in [1.165, 1.54) is 0 Å². The number of carboxylic acid groups (broad SMARTS) is 1. The Bertz CT molecular complexity index is 911. The predicted molar refractivity (Wildman–Crippen MR) is 117 cm³/mol. The molecular formula is C25H24N2O4. The van der Waals surface area contributed by atoms with Gasteiger partial charge in [-0.15, -0.1) is 0 Å². The van der Waals surface area contributed by atoms with Gasteiger partial charge in [0.25, 0.3) is 0 Å². The number of amides is 2. The largest absolute Gasteiger partial charge is 0.480 e. The quantitative estimate of drug-likeness (QED) is 0.350. The summed E-state index contributed by atoms with van der Waals surface area (Å²) >= 11 is 0. The lowest BCUT2D eigenvalue weighted by atomic mass is 9.77. The first-order chi connectivity index (χ1) is 15.1. The van der Waals surface area contributed by atoms with Gasteiger partial charge in [-0.3, -0.25) is 9.59 Å². The normalized spacial score (nSPS) is 11.9. The lowest BCUT2D eigenvalue weighted by Crippen LogP contribution is -2.48. The second-order valence-electron chi connectivity index (χ2n) is 7.11. The Morgan fingerprint density at radius 3 is 1.58 bits per heavy atom. The third-order valence-electron chi connectivity index (χ3n) is 5.17. The van der Waals surface area contributed by atoms with Crippen molar-refractivity contribution in [2.45, 2.75) is 24.4 Å². The van der Waals surface area contributed by atoms with Crippen LogP contribution in [0.4, 0.5) is 0 Å². The zero-order valence-electron chi connectivity index (χ0n) is 16.9. The number of carbonyl (C=O) groups excluding carboxylic acids is 2. The molecule has 6 nitrogen and oxygen atoms in total. The zero-order valence-corrected chi connectivity index (χ0v) is 16.9. The first-order valence-electron chi connectivity index (χ1n) is 9.98. The third-order valence-corrected chi connectivity index (χ3v) is 5.17. The maximum absolute atomic E-state index is 13.1. The van der Waals surface area contributed by atoms with Crippen LogP contribution in [-0.2, 0) is 19.9 Å². The highest BCUT2D eigenvalue weighted by atomic mass is 16.4. The number of nitrogens with one attached hydrogen (secondary N) is 2. The van der Waals surface area contributed by atoms with E-state index >= 15 is 0 Å². The summed E-state index contributed by atoms with van der Waals surface area (Å²) in [6.07, 6.45) is 0.249. The Morgan fingerprint density at radius 2 is 1.23 bits per heavy atom. The number of aliphatic carboxylic acids is 1. The van der Waals surface area contributed by atoms with Crippen LogP contribution in [-0.4, -0.2) is 29.4 Å².